The van der Waals surface area contributed by atoms with Gasteiger partial charge in [0.05, 0.1) is 6.61 Å². The van der Waals surface area contributed by atoms with Crippen molar-refractivity contribution >= 4 is 16.0 Å². The Labute approximate surface area is 58.2 Å². The highest BCUT2D eigenvalue weighted by molar-refractivity contribution is 7.90. The molecule has 0 amide bonds. The monoisotopic (exact) mass is 165 g/mol. The number of hydrogen-bond acceptors (Lipinski definition) is 4. The first kappa shape index (κ1) is 7.49. The van der Waals surface area contributed by atoms with Crippen molar-refractivity contribution in [3.05, 3.63) is 0 Å². The van der Waals surface area contributed by atoms with Gasteiger partial charge in [-0.25, -0.2) is 13.6 Å². The number of carbonyl (C=O) groups is 1. The number of cyclic esters (lactones) is 1. The van der Waals surface area contributed by atoms with Crippen LogP contribution in [0.5, 0.6) is 0 Å². The number of nitrogens with two attached hydrogens (primary N) is 1. The topological polar surface area (TPSA) is 86.5 Å². The predicted molar refractivity (Wildman–Crippen MR) is 32.5 cm³/mol. The number of ether oxygens (including phenoxy) is 1. The van der Waals surface area contributed by atoms with E-state index in [1.54, 1.807) is 0 Å². The average Bonchev–Trinajstić information content (AvgIpc) is 2.11. The summed E-state index contributed by atoms with van der Waals surface area (Å²) >= 11 is 0. The zero-order chi connectivity index (χ0) is 7.78. The zero-order valence-corrected chi connectivity index (χ0v) is 5.93. The number of carbonyl (C=O) groups excluding carboxylic acids is 1. The lowest BCUT2D eigenvalue weighted by atomic mass is 10.4. The van der Waals surface area contributed by atoms with E-state index < -0.39 is 21.2 Å². The van der Waals surface area contributed by atoms with E-state index >= 15 is 0 Å². The van der Waals surface area contributed by atoms with Crippen LogP contribution in [0.2, 0.25) is 0 Å². The van der Waals surface area contributed by atoms with E-state index in [1.165, 1.54) is 0 Å². The van der Waals surface area contributed by atoms with Gasteiger partial charge in [0.1, 0.15) is 0 Å². The van der Waals surface area contributed by atoms with Crippen molar-refractivity contribution in [2.75, 3.05) is 6.61 Å². The van der Waals surface area contributed by atoms with Gasteiger partial charge in [-0.15, -0.1) is 0 Å². The first-order valence-corrected chi connectivity index (χ1v) is 4.31. The number of primary sulfonamides is 1. The molecule has 0 saturated carbocycles. The Morgan fingerprint density at radius 3 is 2.40 bits per heavy atom. The van der Waals surface area contributed by atoms with Crippen molar-refractivity contribution in [2.24, 2.45) is 5.14 Å². The molecular weight excluding hydrogens is 158 g/mol. The van der Waals surface area contributed by atoms with Crippen molar-refractivity contribution in [2.45, 2.75) is 11.7 Å². The summed E-state index contributed by atoms with van der Waals surface area (Å²) in [4.78, 5) is 10.5. The van der Waals surface area contributed by atoms with E-state index in [0.717, 1.165) is 0 Å². The van der Waals surface area contributed by atoms with Gasteiger partial charge >= 0.3 is 5.97 Å². The molecule has 10 heavy (non-hydrogen) atoms. The molecule has 0 aromatic heterocycles. The Bertz CT molecular complexity index is 244. The van der Waals surface area contributed by atoms with Crippen LogP contribution >= 0.6 is 0 Å². The minimum atomic E-state index is -3.73. The van der Waals surface area contributed by atoms with Gasteiger partial charge in [-0.3, -0.25) is 4.79 Å². The van der Waals surface area contributed by atoms with Crippen molar-refractivity contribution in [3.8, 4) is 0 Å². The van der Waals surface area contributed by atoms with Crippen LogP contribution in [0.3, 0.4) is 0 Å². The Morgan fingerprint density at radius 2 is 2.20 bits per heavy atom. The summed E-state index contributed by atoms with van der Waals surface area (Å²) in [7, 11) is -3.73. The molecule has 0 spiro atoms. The highest BCUT2D eigenvalue weighted by atomic mass is 32.2. The maximum absolute atomic E-state index is 10.5. The molecule has 0 aromatic rings. The second-order valence-corrected chi connectivity index (χ2v) is 3.78. The third-order valence-electron chi connectivity index (χ3n) is 1.28. The molecule has 1 fully saturated rings. The summed E-state index contributed by atoms with van der Waals surface area (Å²) < 4.78 is 25.4. The highest BCUT2D eigenvalue weighted by Crippen LogP contribution is 2.11. The minimum absolute atomic E-state index is 0.153. The summed E-state index contributed by atoms with van der Waals surface area (Å²) in [5.41, 5.74) is 0. The second-order valence-electron chi connectivity index (χ2n) is 2.03. The zero-order valence-electron chi connectivity index (χ0n) is 5.11. The van der Waals surface area contributed by atoms with Gasteiger partial charge in [-0.1, -0.05) is 0 Å². The molecule has 0 radical (unpaired) electrons. The average molecular weight is 165 g/mol. The van der Waals surface area contributed by atoms with Gasteiger partial charge in [0, 0.05) is 6.42 Å². The van der Waals surface area contributed by atoms with Crippen molar-refractivity contribution < 1.29 is 17.9 Å². The van der Waals surface area contributed by atoms with Gasteiger partial charge < -0.3 is 4.74 Å². The molecule has 1 aliphatic heterocycles. The molecule has 58 valence electrons. The molecule has 2 N–H and O–H groups in total. The van der Waals surface area contributed by atoms with Gasteiger partial charge in [0.15, 0.2) is 5.25 Å². The molecule has 5 nitrogen and oxygen atoms in total. The predicted octanol–water partition coefficient (Wildman–Crippen LogP) is -1.41. The molecule has 1 rings (SSSR count). The summed E-state index contributed by atoms with van der Waals surface area (Å²) in [6, 6.07) is 0. The van der Waals surface area contributed by atoms with Crippen molar-refractivity contribution in [3.63, 3.8) is 0 Å². The molecule has 1 aliphatic rings. The number of hydrogen-bond donors (Lipinski definition) is 1. The Morgan fingerprint density at radius 1 is 1.60 bits per heavy atom. The van der Waals surface area contributed by atoms with Crippen LogP contribution in [0, 0.1) is 0 Å². The van der Waals surface area contributed by atoms with Gasteiger partial charge in [0.2, 0.25) is 10.0 Å². The maximum Gasteiger partial charge on any atom is 0.325 e. The largest absolute Gasteiger partial charge is 0.465 e. The first-order valence-electron chi connectivity index (χ1n) is 2.70. The maximum atomic E-state index is 10.5. The van der Waals surface area contributed by atoms with E-state index in [0.29, 0.717) is 0 Å². The smallest absolute Gasteiger partial charge is 0.325 e. The lowest BCUT2D eigenvalue weighted by Crippen LogP contribution is -2.31. The number of rotatable bonds is 1. The van der Waals surface area contributed by atoms with E-state index in [9.17, 15) is 13.2 Å². The molecule has 1 saturated heterocycles. The van der Waals surface area contributed by atoms with Crippen LogP contribution in [0.15, 0.2) is 0 Å². The normalized spacial score (nSPS) is 26.5. The fourth-order valence-electron chi connectivity index (χ4n) is 0.776. The van der Waals surface area contributed by atoms with E-state index in [4.69, 9.17) is 5.14 Å². The molecular formula is C4H7NO4S. The lowest BCUT2D eigenvalue weighted by molar-refractivity contribution is -0.137. The number of esters is 1. The Hall–Kier alpha value is -0.620. The molecule has 1 unspecified atom stereocenters. The Balaban J connectivity index is 2.84. The van der Waals surface area contributed by atoms with E-state index in [2.05, 4.69) is 4.74 Å². The fraction of sp³-hybridized carbons (Fsp3) is 0.750. The summed E-state index contributed by atoms with van der Waals surface area (Å²) in [6.45, 7) is 0.153. The third-order valence-corrected chi connectivity index (χ3v) is 2.51. The molecule has 6 heteroatoms. The molecule has 0 aliphatic carbocycles. The van der Waals surface area contributed by atoms with Crippen LogP contribution in [0.25, 0.3) is 0 Å². The van der Waals surface area contributed by atoms with Gasteiger partial charge in [0.25, 0.3) is 0 Å². The van der Waals surface area contributed by atoms with Crippen LogP contribution in [-0.2, 0) is 19.6 Å². The lowest BCUT2D eigenvalue weighted by Gasteiger charge is -1.99. The SMILES string of the molecule is NS(=O)(=O)C1CCOC1=O. The molecule has 1 atom stereocenters. The van der Waals surface area contributed by atoms with Crippen LogP contribution < -0.4 is 5.14 Å². The van der Waals surface area contributed by atoms with Crippen molar-refractivity contribution in [1.29, 1.82) is 0 Å². The third kappa shape index (κ3) is 1.27. The summed E-state index contributed by atoms with van der Waals surface area (Å²) in [5.74, 6) is -0.734. The summed E-state index contributed by atoms with van der Waals surface area (Å²) in [5, 5.41) is 3.57. The molecule has 0 bridgehead atoms. The Kier molecular flexibility index (Phi) is 1.65. The number of sulfonamides is 1. The van der Waals surface area contributed by atoms with Crippen LogP contribution in [0.1, 0.15) is 6.42 Å². The summed E-state index contributed by atoms with van der Waals surface area (Å²) in [6.07, 6.45) is 0.178. The van der Waals surface area contributed by atoms with E-state index in [1.807, 2.05) is 0 Å². The van der Waals surface area contributed by atoms with Crippen LogP contribution in [0.4, 0.5) is 0 Å². The van der Waals surface area contributed by atoms with Crippen molar-refractivity contribution in [1.82, 2.24) is 0 Å². The quantitative estimate of drug-likeness (QED) is 0.483. The minimum Gasteiger partial charge on any atom is -0.465 e. The van der Waals surface area contributed by atoms with Gasteiger partial charge in [-0.05, 0) is 0 Å². The molecule has 1 heterocycles. The molecule has 0 aromatic carbocycles. The first-order chi connectivity index (χ1) is 4.52. The fourth-order valence-corrected chi connectivity index (χ4v) is 1.54. The highest BCUT2D eigenvalue weighted by Gasteiger charge is 2.35. The second kappa shape index (κ2) is 2.21. The van der Waals surface area contributed by atoms with E-state index in [-0.39, 0.29) is 13.0 Å². The standard InChI is InChI=1S/C4H7NO4S/c5-10(7,8)3-1-2-9-4(3)6/h3H,1-2H2,(H2,5,7,8). The van der Waals surface area contributed by atoms with Crippen LogP contribution in [-0.4, -0.2) is 26.2 Å². The van der Waals surface area contributed by atoms with Gasteiger partial charge in [-0.2, -0.15) is 0 Å².